The molecule has 0 aromatic rings. The summed E-state index contributed by atoms with van der Waals surface area (Å²) in [5, 5.41) is 0. The summed E-state index contributed by atoms with van der Waals surface area (Å²) in [5.41, 5.74) is 0. The van der Waals surface area contributed by atoms with E-state index in [4.69, 9.17) is 12.8 Å². The number of hydrogen-bond acceptors (Lipinski definition) is 0. The third kappa shape index (κ3) is 160. The third-order valence-electron chi connectivity index (χ3n) is 0. The molecule has 0 atom stereocenters. The molecule has 6 heteroatoms. The van der Waals surface area contributed by atoms with Crippen LogP contribution in [0.2, 0.25) is 0 Å². The van der Waals surface area contributed by atoms with Crippen molar-refractivity contribution in [2.45, 2.75) is 14.9 Å². The van der Waals surface area contributed by atoms with Gasteiger partial charge in [-0.25, -0.2) is 0 Å². The minimum atomic E-state index is 0. The molecule has 0 aliphatic heterocycles. The van der Waals surface area contributed by atoms with E-state index in [2.05, 4.69) is 12.8 Å². The van der Waals surface area contributed by atoms with Crippen LogP contribution < -0.4 is 0 Å². The second kappa shape index (κ2) is 190. The molecule has 0 N–H and O–H groups in total. The second-order valence-electron chi connectivity index (χ2n) is 0. The van der Waals surface area contributed by atoms with Gasteiger partial charge in [0, 0.05) is 187 Å². The smallest absolute Gasteiger partial charge is 0 e. The van der Waals surface area contributed by atoms with Crippen LogP contribution in [0.5, 0.6) is 0 Å². The maximum absolute atomic E-state index is 5.25. The Morgan fingerprint density at radius 3 is 0.429 bits per heavy atom. The summed E-state index contributed by atoms with van der Waals surface area (Å²) in [6.07, 6.45) is 18.0. The molecule has 0 saturated heterocycles. The number of terminal acetylenes is 2. The molecule has 0 aromatic heterocycles. The van der Waals surface area contributed by atoms with Crippen molar-refractivity contribution in [1.82, 2.24) is 0 Å². The molecule has 0 heterocycles. The fourth-order valence-electron chi connectivity index (χ4n) is 0. The van der Waals surface area contributed by atoms with Crippen LogP contribution in [-0.4, -0.2) is 0 Å². The molecule has 0 fully saturated rings. The van der Waals surface area contributed by atoms with Crippen molar-refractivity contribution < 1.29 is 187 Å². The summed E-state index contributed by atoms with van der Waals surface area (Å²) < 4.78 is 0. The molecule has 0 amide bonds. The SMILES string of the molecule is C.C.[C-]#C.[C-]#C.[CH3-].[CH3-].[U].[U].[U].[U].[U].[U]. The van der Waals surface area contributed by atoms with Gasteiger partial charge in [0.05, 0.1) is 0 Å². The molecular weight excluding hydrogens is 1520 g/mol. The summed E-state index contributed by atoms with van der Waals surface area (Å²) in [4.78, 5) is 0. The monoisotopic (exact) mass is 1540 g/mol. The zero-order valence-corrected chi connectivity index (χ0v) is 32.1. The van der Waals surface area contributed by atoms with Gasteiger partial charge in [0.2, 0.25) is 0 Å². The Hall–Kier alpha value is 5.43. The predicted molar refractivity (Wildman–Crippen MR) is 42.7 cm³/mol. The molecular formula is C8H16U6-4. The molecule has 0 saturated carbocycles. The number of rotatable bonds is 0. The van der Waals surface area contributed by atoms with Gasteiger partial charge in [-0.1, -0.05) is 14.9 Å². The standard InChI is InChI=1S/2C2H.2CH4.2CH3.6U/c2*1-2;;;;;;;;;;/h2*1H;2*1H4;2*1H3;;;;;;/q2*-1;;;2*-1;;;;;;. The van der Waals surface area contributed by atoms with Crippen LogP contribution in [-0.2, 0) is 0 Å². The van der Waals surface area contributed by atoms with E-state index in [-0.39, 0.29) is 216 Å². The van der Waals surface area contributed by atoms with E-state index in [0.29, 0.717) is 0 Å². The van der Waals surface area contributed by atoms with E-state index >= 15 is 0 Å². The van der Waals surface area contributed by atoms with Gasteiger partial charge >= 0.3 is 0 Å². The van der Waals surface area contributed by atoms with Crippen LogP contribution in [0, 0.1) is 227 Å². The van der Waals surface area contributed by atoms with Gasteiger partial charge < -0.3 is 40.5 Å². The van der Waals surface area contributed by atoms with Gasteiger partial charge in [-0.2, -0.15) is 0 Å². The summed E-state index contributed by atoms with van der Waals surface area (Å²) >= 11 is 0. The predicted octanol–water partition coefficient (Wildman–Crippen LogP) is 2.58. The van der Waals surface area contributed by atoms with Crippen molar-refractivity contribution >= 4 is 0 Å². The third-order valence-corrected chi connectivity index (χ3v) is 0. The van der Waals surface area contributed by atoms with Crippen LogP contribution in [0.4, 0.5) is 0 Å². The van der Waals surface area contributed by atoms with Crippen LogP contribution in [0.3, 0.4) is 0 Å². The van der Waals surface area contributed by atoms with E-state index in [9.17, 15) is 0 Å². The molecule has 14 heavy (non-hydrogen) atoms. The van der Waals surface area contributed by atoms with Gasteiger partial charge in [-0.15, -0.1) is 0 Å². The Bertz CT molecular complexity index is 29.3. The summed E-state index contributed by atoms with van der Waals surface area (Å²) in [6, 6.07) is 0. The van der Waals surface area contributed by atoms with Gasteiger partial charge in [-0.05, 0) is 0 Å². The molecule has 0 aliphatic rings. The van der Waals surface area contributed by atoms with E-state index < -0.39 is 0 Å². The minimum Gasteiger partial charge on any atom is -0.697 e. The fourth-order valence-corrected chi connectivity index (χ4v) is 0. The van der Waals surface area contributed by atoms with Crippen molar-refractivity contribution in [3.63, 3.8) is 0 Å². The maximum Gasteiger partial charge on any atom is 0 e. The number of hydrogen-bond donors (Lipinski definition) is 0. The zero-order valence-electron chi connectivity index (χ0n) is 7.15. The van der Waals surface area contributed by atoms with E-state index in [0.717, 1.165) is 0 Å². The molecule has 0 bridgehead atoms. The molecule has 0 nitrogen and oxygen atoms in total. The topological polar surface area (TPSA) is 0 Å². The second-order valence-corrected chi connectivity index (χ2v) is 0. The zero-order chi connectivity index (χ0) is 4.00. The largest absolute Gasteiger partial charge is 0.697 e. The molecule has 76 valence electrons. The minimum absolute atomic E-state index is 0. The quantitative estimate of drug-likeness (QED) is 0.259. The first-order valence-electron chi connectivity index (χ1n) is 0.577. The molecule has 0 spiro atoms. The summed E-state index contributed by atoms with van der Waals surface area (Å²) in [7, 11) is 0. The van der Waals surface area contributed by atoms with Crippen LogP contribution in [0.25, 0.3) is 0 Å². The molecule has 0 aliphatic carbocycles. The summed E-state index contributed by atoms with van der Waals surface area (Å²) in [5.74, 6) is 0. The normalized spacial score (nSPS) is 0.286. The molecule has 0 rings (SSSR count). The van der Waals surface area contributed by atoms with Crippen molar-refractivity contribution in [3.05, 3.63) is 27.7 Å². The van der Waals surface area contributed by atoms with E-state index in [1.54, 1.807) is 0 Å². The first kappa shape index (κ1) is 120. The maximum atomic E-state index is 5.25. The van der Waals surface area contributed by atoms with Crippen molar-refractivity contribution in [2.24, 2.45) is 0 Å². The molecule has 0 aromatic carbocycles. The van der Waals surface area contributed by atoms with Crippen molar-refractivity contribution in [3.8, 4) is 12.8 Å². The van der Waals surface area contributed by atoms with Crippen molar-refractivity contribution in [1.29, 1.82) is 0 Å². The Labute approximate surface area is 236 Å². The summed E-state index contributed by atoms with van der Waals surface area (Å²) in [6.45, 7) is 0. The van der Waals surface area contributed by atoms with Crippen LogP contribution in [0.1, 0.15) is 14.9 Å². The van der Waals surface area contributed by atoms with Gasteiger partial charge in [0.15, 0.2) is 0 Å². The van der Waals surface area contributed by atoms with E-state index in [1.165, 1.54) is 0 Å². The van der Waals surface area contributed by atoms with Crippen LogP contribution in [0.15, 0.2) is 0 Å². The Balaban J connectivity index is -0.000000000333. The van der Waals surface area contributed by atoms with E-state index in [1.807, 2.05) is 0 Å². The Kier molecular flexibility index (Phi) is 1620. The molecule has 0 unspecified atom stereocenters. The molecule has 0 radical (unpaired) electrons. The van der Waals surface area contributed by atoms with Gasteiger partial charge in [0.1, 0.15) is 0 Å². The van der Waals surface area contributed by atoms with Crippen molar-refractivity contribution in [2.75, 3.05) is 0 Å². The van der Waals surface area contributed by atoms with Gasteiger partial charge in [-0.3, -0.25) is 0 Å². The Morgan fingerprint density at radius 1 is 0.429 bits per heavy atom. The first-order valence-corrected chi connectivity index (χ1v) is 0.577. The Morgan fingerprint density at radius 2 is 0.429 bits per heavy atom. The van der Waals surface area contributed by atoms with Gasteiger partial charge in [0.25, 0.3) is 0 Å². The average Bonchev–Trinajstić information content (AvgIpc) is 1.50. The average molecular weight is 1540 g/mol. The first-order chi connectivity index (χ1) is 2.00. The van der Waals surface area contributed by atoms with Crippen LogP contribution >= 0.6 is 0 Å². The fraction of sp³-hybridized carbons (Fsp3) is 0.250.